The smallest absolute Gasteiger partial charge is 0.264 e. The number of carbonyl (C=O) groups excluding carboxylic acids is 2. The van der Waals surface area contributed by atoms with Crippen LogP contribution in [0.3, 0.4) is 0 Å². The molecule has 1 fully saturated rings. The van der Waals surface area contributed by atoms with E-state index in [2.05, 4.69) is 4.98 Å². The summed E-state index contributed by atoms with van der Waals surface area (Å²) >= 11 is 0. The molecule has 0 aliphatic carbocycles. The highest BCUT2D eigenvalue weighted by Gasteiger charge is 2.42. The average molecular weight is 307 g/mol. The fraction of sp³-hybridized carbons (Fsp3) is 0.333. The molecular weight excluding hydrogens is 284 g/mol. The lowest BCUT2D eigenvalue weighted by atomic mass is 9.90. The first-order valence-corrected chi connectivity index (χ1v) is 6.33. The van der Waals surface area contributed by atoms with Crippen LogP contribution in [0.25, 0.3) is 10.9 Å². The van der Waals surface area contributed by atoms with Crippen molar-refractivity contribution in [1.82, 2.24) is 14.9 Å². The third-order valence-corrected chi connectivity index (χ3v) is 3.52. The Labute approximate surface area is 136 Å². The van der Waals surface area contributed by atoms with Gasteiger partial charge in [-0.3, -0.25) is 24.3 Å². The number of piperidine rings is 1. The molecule has 1 atom stereocenters. The molecule has 22 heavy (non-hydrogen) atoms. The van der Waals surface area contributed by atoms with Crippen LogP contribution < -0.4 is 16.6 Å². The average Bonchev–Trinajstić information content (AvgIpc) is 2.63. The molecule has 1 aromatic heterocycles. The van der Waals surface area contributed by atoms with Crippen LogP contribution in [0.4, 0.5) is 5.69 Å². The minimum atomic E-state index is -3.10. The number of nitrogens with zero attached hydrogens (tertiary/aromatic N) is 2. The number of fused-ring (bicyclic) bond motifs is 1. The predicted molar refractivity (Wildman–Crippen MR) is 81.2 cm³/mol. The first kappa shape index (κ1) is 8.07. The van der Waals surface area contributed by atoms with Gasteiger partial charge in [-0.1, -0.05) is 6.04 Å². The van der Waals surface area contributed by atoms with Gasteiger partial charge in [-0.05, 0) is 32.3 Å². The van der Waals surface area contributed by atoms with E-state index in [1.54, 1.807) is 0 Å². The first-order chi connectivity index (χ1) is 13.4. The Hall–Kier alpha value is -2.70. The number of aryl methyl sites for hydroxylation is 1. The number of nitrogens with one attached hydrogen (secondary N) is 1. The zero-order chi connectivity index (χ0) is 21.9. The van der Waals surface area contributed by atoms with Gasteiger partial charge < -0.3 is 5.73 Å². The van der Waals surface area contributed by atoms with Gasteiger partial charge in [0.2, 0.25) is 5.91 Å². The van der Waals surface area contributed by atoms with Crippen LogP contribution in [0.15, 0.2) is 22.9 Å². The lowest BCUT2D eigenvalue weighted by Gasteiger charge is -2.34. The second-order valence-electron chi connectivity index (χ2n) is 4.92. The minimum absolute atomic E-state index is 0.361. The van der Waals surface area contributed by atoms with Gasteiger partial charge >= 0.3 is 0 Å². The van der Waals surface area contributed by atoms with Crippen LogP contribution in [0.2, 0.25) is 0 Å². The van der Waals surface area contributed by atoms with E-state index in [1.807, 2.05) is 5.32 Å². The Morgan fingerprint density at radius 1 is 1.45 bits per heavy atom. The zero-order valence-corrected chi connectivity index (χ0v) is 11.3. The molecule has 1 aliphatic heterocycles. The normalized spacial score (nSPS) is 27.0. The summed E-state index contributed by atoms with van der Waals surface area (Å²) in [6, 6.07) is -1.77. The topological polar surface area (TPSA) is 107 Å². The zero-order valence-electron chi connectivity index (χ0n) is 18.3. The Bertz CT molecular complexity index is 1130. The highest BCUT2D eigenvalue weighted by molar-refractivity contribution is 6.01. The second kappa shape index (κ2) is 4.66. The van der Waals surface area contributed by atoms with Crippen molar-refractivity contribution in [3.05, 3.63) is 34.3 Å². The lowest BCUT2D eigenvalue weighted by molar-refractivity contribution is -0.140. The number of carbonyl (C=O) groups is 2. The summed E-state index contributed by atoms with van der Waals surface area (Å²) < 4.78 is 55.6. The highest BCUT2D eigenvalue weighted by Crippen LogP contribution is 2.27. The maximum atomic E-state index is 13.3. The number of imide groups is 1. The number of hydrogen-bond acceptors (Lipinski definition) is 5. The summed E-state index contributed by atoms with van der Waals surface area (Å²) in [6.07, 6.45) is -0.896. The molecule has 0 bridgehead atoms. The maximum Gasteiger partial charge on any atom is 0.264 e. The molecular formula is C15H16N4O3. The lowest BCUT2D eigenvalue weighted by Crippen LogP contribution is -2.56. The van der Waals surface area contributed by atoms with Crippen molar-refractivity contribution in [3.63, 3.8) is 0 Å². The molecule has 114 valence electrons. The van der Waals surface area contributed by atoms with Crippen molar-refractivity contribution in [1.29, 1.82) is 0 Å². The molecule has 3 rings (SSSR count). The van der Waals surface area contributed by atoms with Gasteiger partial charge in [0, 0.05) is 17.6 Å². The van der Waals surface area contributed by atoms with Crippen LogP contribution in [-0.2, 0) is 15.1 Å². The van der Waals surface area contributed by atoms with Gasteiger partial charge in [-0.25, -0.2) is 4.98 Å². The van der Waals surface area contributed by atoms with Crippen LogP contribution in [0.1, 0.15) is 35.1 Å². The van der Waals surface area contributed by atoms with Crippen molar-refractivity contribution in [3.8, 4) is 0 Å². The number of nitrogen functional groups attached to an aromatic ring is 1. The van der Waals surface area contributed by atoms with Gasteiger partial charge in [0.15, 0.2) is 0 Å². The monoisotopic (exact) mass is 307 g/mol. The number of anilines is 1. The summed E-state index contributed by atoms with van der Waals surface area (Å²) in [7, 11) is 0. The molecule has 0 saturated carbocycles. The molecule has 7 heteroatoms. The first-order valence-electron chi connectivity index (χ1n) is 10.0. The molecule has 2 amide bonds. The Balaban J connectivity index is 2.55. The van der Waals surface area contributed by atoms with E-state index < -0.39 is 78.1 Å². The Morgan fingerprint density at radius 2 is 2.27 bits per heavy atom. The van der Waals surface area contributed by atoms with E-state index in [1.165, 1.54) is 0 Å². The standard InChI is InChI=1S/C15H16N4O3/c1-8-17-10-5-3-4-9(16)12(10)13(21)19(8)15(2)7-6-11(20)18-14(15)22/h3-5H,6-7,16H2,1-2H3,(H,18,20,22)/i1D,2D3,3D,4D,5D. The van der Waals surface area contributed by atoms with Crippen molar-refractivity contribution in [2.75, 3.05) is 5.73 Å². The molecule has 1 saturated heterocycles. The van der Waals surface area contributed by atoms with E-state index in [-0.39, 0.29) is 11.9 Å². The summed E-state index contributed by atoms with van der Waals surface area (Å²) in [5.41, 5.74) is 1.30. The van der Waals surface area contributed by atoms with Crippen molar-refractivity contribution < 1.29 is 19.2 Å². The molecule has 0 radical (unpaired) electrons. The largest absolute Gasteiger partial charge is 0.398 e. The third-order valence-electron chi connectivity index (χ3n) is 3.52. The summed E-state index contributed by atoms with van der Waals surface area (Å²) in [6.45, 7) is -3.82. The van der Waals surface area contributed by atoms with Gasteiger partial charge in [-0.2, -0.15) is 0 Å². The summed E-state index contributed by atoms with van der Waals surface area (Å²) in [5, 5.41) is 1.44. The van der Waals surface area contributed by atoms with Crippen LogP contribution >= 0.6 is 0 Å². The Morgan fingerprint density at radius 3 is 2.95 bits per heavy atom. The number of aromatic nitrogens is 2. The molecule has 2 aromatic rings. The van der Waals surface area contributed by atoms with E-state index in [9.17, 15) is 14.4 Å². The SMILES string of the molecule is [2H]Cc1nc2c([2H])c([2H])c([2H])c(N)c2c(=O)n1C1(C([2H])([2H])[2H])CCC(=O)NC1=O. The Kier molecular flexibility index (Phi) is 1.71. The van der Waals surface area contributed by atoms with Gasteiger partial charge in [0.25, 0.3) is 11.5 Å². The minimum Gasteiger partial charge on any atom is -0.398 e. The molecule has 7 nitrogen and oxygen atoms in total. The fourth-order valence-electron chi connectivity index (χ4n) is 2.43. The highest BCUT2D eigenvalue weighted by atomic mass is 16.2. The molecule has 1 aromatic carbocycles. The summed E-state index contributed by atoms with van der Waals surface area (Å²) in [5.74, 6) is -2.38. The number of rotatable bonds is 1. The van der Waals surface area contributed by atoms with Gasteiger partial charge in [-0.15, -0.1) is 0 Å². The fourth-order valence-corrected chi connectivity index (χ4v) is 2.43. The van der Waals surface area contributed by atoms with Crippen molar-refractivity contribution >= 4 is 28.4 Å². The summed E-state index contributed by atoms with van der Waals surface area (Å²) in [4.78, 5) is 41.7. The third kappa shape index (κ3) is 1.89. The number of nitrogens with two attached hydrogens (primary N) is 1. The number of amides is 2. The van der Waals surface area contributed by atoms with Gasteiger partial charge in [0.1, 0.15) is 11.4 Å². The van der Waals surface area contributed by atoms with Crippen LogP contribution in [0, 0.1) is 6.90 Å². The quantitative estimate of drug-likeness (QED) is 0.587. The van der Waals surface area contributed by atoms with Crippen molar-refractivity contribution in [2.45, 2.75) is 32.1 Å². The van der Waals surface area contributed by atoms with E-state index in [0.717, 1.165) is 0 Å². The van der Waals surface area contributed by atoms with E-state index >= 15 is 0 Å². The number of hydrogen-bond donors (Lipinski definition) is 2. The van der Waals surface area contributed by atoms with Gasteiger partial charge in [0.05, 0.1) is 15.0 Å². The van der Waals surface area contributed by atoms with E-state index in [4.69, 9.17) is 15.3 Å². The number of benzene rings is 1. The molecule has 0 spiro atoms. The maximum absolute atomic E-state index is 13.3. The predicted octanol–water partition coefficient (Wildman–Crippen LogP) is 0.439. The van der Waals surface area contributed by atoms with Crippen LogP contribution in [-0.4, -0.2) is 21.4 Å². The molecule has 1 aliphatic rings. The van der Waals surface area contributed by atoms with Crippen LogP contribution in [0.5, 0.6) is 0 Å². The molecule has 1 unspecified atom stereocenters. The molecule has 3 N–H and O–H groups in total. The second-order valence-corrected chi connectivity index (χ2v) is 4.92. The van der Waals surface area contributed by atoms with Crippen molar-refractivity contribution in [2.24, 2.45) is 0 Å². The van der Waals surface area contributed by atoms with E-state index in [0.29, 0.717) is 4.57 Å². The molecule has 2 heterocycles.